The zero-order valence-corrected chi connectivity index (χ0v) is 12.7. The van der Waals surface area contributed by atoms with Gasteiger partial charge in [-0.15, -0.1) is 0 Å². The standard InChI is InChI=1S/C13H19BrN2O3/c1-3-4-7-19-12(18)16-13(2,9-17)11-8-10(14)5-6-15-11/h5-6,8,17H,3-4,7,9H2,1-2H3,(H,16,18)/t13-/m0/s1. The number of halogens is 1. The topological polar surface area (TPSA) is 71.5 Å². The number of ether oxygens (including phenoxy) is 1. The second-order valence-corrected chi connectivity index (χ2v) is 5.38. The lowest BCUT2D eigenvalue weighted by Gasteiger charge is -2.27. The fourth-order valence-electron chi connectivity index (χ4n) is 1.46. The van der Waals surface area contributed by atoms with E-state index in [1.165, 1.54) is 0 Å². The first-order chi connectivity index (χ1) is 9.01. The van der Waals surface area contributed by atoms with Gasteiger partial charge in [-0.05, 0) is 25.5 Å². The molecule has 106 valence electrons. The molecule has 19 heavy (non-hydrogen) atoms. The molecule has 1 amide bonds. The highest BCUT2D eigenvalue weighted by molar-refractivity contribution is 9.10. The van der Waals surface area contributed by atoms with Crippen LogP contribution in [0.25, 0.3) is 0 Å². The average molecular weight is 331 g/mol. The number of hydrogen-bond donors (Lipinski definition) is 2. The minimum absolute atomic E-state index is 0.265. The van der Waals surface area contributed by atoms with Gasteiger partial charge in [-0.1, -0.05) is 29.3 Å². The molecule has 0 saturated carbocycles. The van der Waals surface area contributed by atoms with Crippen LogP contribution in [0.4, 0.5) is 4.79 Å². The molecule has 2 N–H and O–H groups in total. The molecular weight excluding hydrogens is 312 g/mol. The van der Waals surface area contributed by atoms with Crippen molar-refractivity contribution in [2.24, 2.45) is 0 Å². The van der Waals surface area contributed by atoms with E-state index < -0.39 is 11.6 Å². The minimum atomic E-state index is -0.965. The summed E-state index contributed by atoms with van der Waals surface area (Å²) in [6.07, 6.45) is 2.83. The fraction of sp³-hybridized carbons (Fsp3) is 0.538. The van der Waals surface area contributed by atoms with E-state index >= 15 is 0 Å². The van der Waals surface area contributed by atoms with E-state index in [1.54, 1.807) is 25.3 Å². The highest BCUT2D eigenvalue weighted by Crippen LogP contribution is 2.21. The van der Waals surface area contributed by atoms with Gasteiger partial charge in [-0.3, -0.25) is 4.98 Å². The quantitative estimate of drug-likeness (QED) is 0.786. The van der Waals surface area contributed by atoms with Crippen LogP contribution in [-0.4, -0.2) is 29.4 Å². The van der Waals surface area contributed by atoms with Gasteiger partial charge in [0, 0.05) is 10.7 Å². The number of aliphatic hydroxyl groups excluding tert-OH is 1. The lowest BCUT2D eigenvalue weighted by atomic mass is 9.98. The fourth-order valence-corrected chi connectivity index (χ4v) is 1.80. The average Bonchev–Trinajstić information content (AvgIpc) is 2.39. The maximum absolute atomic E-state index is 11.7. The first-order valence-electron chi connectivity index (χ1n) is 6.19. The van der Waals surface area contributed by atoms with E-state index in [0.29, 0.717) is 12.3 Å². The van der Waals surface area contributed by atoms with E-state index in [-0.39, 0.29) is 6.61 Å². The van der Waals surface area contributed by atoms with Crippen molar-refractivity contribution < 1.29 is 14.6 Å². The van der Waals surface area contributed by atoms with Crippen LogP contribution < -0.4 is 5.32 Å². The van der Waals surface area contributed by atoms with Gasteiger partial charge in [-0.2, -0.15) is 0 Å². The van der Waals surface area contributed by atoms with Crippen molar-refractivity contribution in [3.63, 3.8) is 0 Å². The van der Waals surface area contributed by atoms with Crippen molar-refractivity contribution in [1.29, 1.82) is 0 Å². The van der Waals surface area contributed by atoms with Gasteiger partial charge in [0.1, 0.15) is 5.54 Å². The van der Waals surface area contributed by atoms with Gasteiger partial charge in [0.15, 0.2) is 0 Å². The number of amides is 1. The van der Waals surface area contributed by atoms with Gasteiger partial charge in [0.2, 0.25) is 0 Å². The Labute approximate surface area is 121 Å². The predicted molar refractivity (Wildman–Crippen MR) is 75.8 cm³/mol. The van der Waals surface area contributed by atoms with E-state index in [9.17, 15) is 9.90 Å². The molecule has 6 heteroatoms. The third kappa shape index (κ3) is 4.80. The molecule has 1 aromatic heterocycles. The summed E-state index contributed by atoms with van der Waals surface area (Å²) in [7, 11) is 0. The van der Waals surface area contributed by atoms with Gasteiger partial charge in [0.05, 0.1) is 18.9 Å². The van der Waals surface area contributed by atoms with Crippen LogP contribution in [0, 0.1) is 0 Å². The predicted octanol–water partition coefficient (Wildman–Crippen LogP) is 2.58. The Morgan fingerprint density at radius 1 is 1.63 bits per heavy atom. The maximum Gasteiger partial charge on any atom is 0.407 e. The SMILES string of the molecule is CCCCOC(=O)N[C@@](C)(CO)c1cc(Br)ccn1. The van der Waals surface area contributed by atoms with Crippen molar-refractivity contribution >= 4 is 22.0 Å². The minimum Gasteiger partial charge on any atom is -0.450 e. The van der Waals surface area contributed by atoms with E-state index in [0.717, 1.165) is 17.3 Å². The summed E-state index contributed by atoms with van der Waals surface area (Å²) in [6.45, 7) is 3.82. The largest absolute Gasteiger partial charge is 0.450 e. The molecule has 0 aliphatic rings. The molecule has 0 unspecified atom stereocenters. The van der Waals surface area contributed by atoms with E-state index in [4.69, 9.17) is 4.74 Å². The van der Waals surface area contributed by atoms with Crippen LogP contribution in [0.5, 0.6) is 0 Å². The summed E-state index contributed by atoms with van der Waals surface area (Å²) in [5.74, 6) is 0. The second kappa shape index (κ2) is 7.45. The lowest BCUT2D eigenvalue weighted by Crippen LogP contribution is -2.47. The number of hydrogen-bond acceptors (Lipinski definition) is 4. The molecule has 5 nitrogen and oxygen atoms in total. The number of pyridine rings is 1. The Bertz CT molecular complexity index is 428. The molecule has 0 bridgehead atoms. The van der Waals surface area contributed by atoms with Crippen LogP contribution >= 0.6 is 15.9 Å². The van der Waals surface area contributed by atoms with Crippen molar-refractivity contribution in [1.82, 2.24) is 10.3 Å². The zero-order valence-electron chi connectivity index (χ0n) is 11.1. The zero-order chi connectivity index (χ0) is 14.3. The number of nitrogens with zero attached hydrogens (tertiary/aromatic N) is 1. The molecule has 1 aromatic rings. The number of unbranched alkanes of at least 4 members (excludes halogenated alkanes) is 1. The summed E-state index contributed by atoms with van der Waals surface area (Å²) in [5.41, 5.74) is -0.399. The third-order valence-electron chi connectivity index (χ3n) is 2.71. The molecule has 0 aliphatic heterocycles. The molecule has 0 fully saturated rings. The second-order valence-electron chi connectivity index (χ2n) is 4.46. The summed E-state index contributed by atoms with van der Waals surface area (Å²) in [5, 5.41) is 12.2. The summed E-state index contributed by atoms with van der Waals surface area (Å²) in [4.78, 5) is 15.8. The van der Waals surface area contributed by atoms with Gasteiger partial charge >= 0.3 is 6.09 Å². The summed E-state index contributed by atoms with van der Waals surface area (Å²) >= 11 is 3.34. The normalized spacial score (nSPS) is 13.7. The summed E-state index contributed by atoms with van der Waals surface area (Å²) in [6, 6.07) is 3.53. The van der Waals surface area contributed by atoms with E-state index in [2.05, 4.69) is 26.2 Å². The number of carbonyl (C=O) groups excluding carboxylic acids is 1. The first kappa shape index (κ1) is 15.9. The molecule has 0 aliphatic carbocycles. The van der Waals surface area contributed by atoms with Crippen molar-refractivity contribution in [3.05, 3.63) is 28.5 Å². The smallest absolute Gasteiger partial charge is 0.407 e. The number of aromatic nitrogens is 1. The molecule has 0 spiro atoms. The van der Waals surface area contributed by atoms with E-state index in [1.807, 2.05) is 6.92 Å². The Hall–Kier alpha value is -1.14. The molecule has 1 heterocycles. The first-order valence-corrected chi connectivity index (χ1v) is 6.99. The van der Waals surface area contributed by atoms with Crippen LogP contribution in [0.3, 0.4) is 0 Å². The molecular formula is C13H19BrN2O3. The van der Waals surface area contributed by atoms with Crippen LogP contribution in [0.15, 0.2) is 22.8 Å². The number of carbonyl (C=O) groups is 1. The Kier molecular flexibility index (Phi) is 6.24. The number of alkyl carbamates (subject to hydrolysis) is 1. The molecule has 0 radical (unpaired) electrons. The van der Waals surface area contributed by atoms with Crippen molar-refractivity contribution in [3.8, 4) is 0 Å². The van der Waals surface area contributed by atoms with Crippen LogP contribution in [0.1, 0.15) is 32.4 Å². The highest BCUT2D eigenvalue weighted by atomic mass is 79.9. The Morgan fingerprint density at radius 3 is 2.95 bits per heavy atom. The highest BCUT2D eigenvalue weighted by Gasteiger charge is 2.30. The number of rotatable bonds is 6. The Morgan fingerprint density at radius 2 is 2.37 bits per heavy atom. The summed E-state index contributed by atoms with van der Waals surface area (Å²) < 4.78 is 5.86. The molecule has 0 saturated heterocycles. The van der Waals surface area contributed by atoms with Crippen LogP contribution in [0.2, 0.25) is 0 Å². The number of aliphatic hydroxyl groups is 1. The van der Waals surface area contributed by atoms with Gasteiger partial charge in [0.25, 0.3) is 0 Å². The Balaban J connectivity index is 2.72. The van der Waals surface area contributed by atoms with Gasteiger partial charge in [-0.25, -0.2) is 4.79 Å². The lowest BCUT2D eigenvalue weighted by molar-refractivity contribution is 0.113. The molecule has 1 atom stereocenters. The molecule has 1 rings (SSSR count). The molecule has 0 aromatic carbocycles. The third-order valence-corrected chi connectivity index (χ3v) is 3.21. The van der Waals surface area contributed by atoms with Crippen molar-refractivity contribution in [2.45, 2.75) is 32.2 Å². The van der Waals surface area contributed by atoms with Crippen LogP contribution in [-0.2, 0) is 10.3 Å². The number of nitrogens with one attached hydrogen (secondary N) is 1. The maximum atomic E-state index is 11.7. The monoisotopic (exact) mass is 330 g/mol. The van der Waals surface area contributed by atoms with Gasteiger partial charge < -0.3 is 15.2 Å². The van der Waals surface area contributed by atoms with Crippen molar-refractivity contribution in [2.75, 3.05) is 13.2 Å².